The van der Waals surface area contributed by atoms with Gasteiger partial charge in [0.2, 0.25) is 0 Å². The molecule has 20 heavy (non-hydrogen) atoms. The van der Waals surface area contributed by atoms with E-state index < -0.39 is 16.4 Å². The fourth-order valence-corrected chi connectivity index (χ4v) is 2.13. The number of carbonyl (C=O) groups excluding carboxylic acids is 1. The second-order valence-electron chi connectivity index (χ2n) is 4.99. The third-order valence-corrected chi connectivity index (χ3v) is 3.42. The van der Waals surface area contributed by atoms with Crippen molar-refractivity contribution < 1.29 is 9.72 Å². The molecule has 1 atom stereocenters. The van der Waals surface area contributed by atoms with Crippen LogP contribution in [0.4, 0.5) is 0 Å². The predicted molar refractivity (Wildman–Crippen MR) is 78.7 cm³/mol. The van der Waals surface area contributed by atoms with Gasteiger partial charge >= 0.3 is 11.4 Å². The van der Waals surface area contributed by atoms with Crippen molar-refractivity contribution in [3.63, 3.8) is 0 Å². The Bertz CT molecular complexity index is 396. The van der Waals surface area contributed by atoms with Gasteiger partial charge in [0.1, 0.15) is 0 Å². The zero-order chi connectivity index (χ0) is 15.0. The third kappa shape index (κ3) is 3.68. The summed E-state index contributed by atoms with van der Waals surface area (Å²) in [6, 6.07) is 0. The first-order valence-electron chi connectivity index (χ1n) is 7.22. The van der Waals surface area contributed by atoms with Gasteiger partial charge in [0.15, 0.2) is 0 Å². The van der Waals surface area contributed by atoms with Crippen molar-refractivity contribution in [3.8, 4) is 0 Å². The highest BCUT2D eigenvalue weighted by atomic mass is 16.6. The van der Waals surface area contributed by atoms with Crippen molar-refractivity contribution in [3.05, 3.63) is 40.8 Å². The van der Waals surface area contributed by atoms with Gasteiger partial charge in [0.05, 0.1) is 6.42 Å². The number of allylic oxidation sites excluding steroid dienone is 2. The molecule has 1 aliphatic rings. The smallest absolute Gasteiger partial charge is 0.324 e. The van der Waals surface area contributed by atoms with Crippen molar-refractivity contribution in [1.29, 1.82) is 0 Å². The molecule has 1 unspecified atom stereocenters. The summed E-state index contributed by atoms with van der Waals surface area (Å²) in [7, 11) is 0. The number of hydrogen-bond donors (Lipinski definition) is 0. The summed E-state index contributed by atoms with van der Waals surface area (Å²) in [6.45, 7) is 5.24. The molecule has 0 bridgehead atoms. The number of hydrogen-bond acceptors (Lipinski definition) is 3. The van der Waals surface area contributed by atoms with Crippen LogP contribution in [-0.2, 0) is 4.79 Å². The van der Waals surface area contributed by atoms with E-state index in [0.29, 0.717) is 13.1 Å². The maximum Gasteiger partial charge on any atom is 0.324 e. The van der Waals surface area contributed by atoms with Gasteiger partial charge in [-0.25, -0.2) is 0 Å². The molecule has 0 aromatic rings. The van der Waals surface area contributed by atoms with E-state index in [0.717, 1.165) is 25.7 Å². The van der Waals surface area contributed by atoms with E-state index in [1.165, 1.54) is 12.5 Å². The fraction of sp³-hybridized carbons (Fsp3) is 0.600. The van der Waals surface area contributed by atoms with Gasteiger partial charge in [0, 0.05) is 24.1 Å². The molecule has 0 spiro atoms. The van der Waals surface area contributed by atoms with Crippen LogP contribution in [0, 0.1) is 16.5 Å². The summed E-state index contributed by atoms with van der Waals surface area (Å²) in [5, 5.41) is 11.4. The summed E-state index contributed by atoms with van der Waals surface area (Å²) >= 11 is 0. The van der Waals surface area contributed by atoms with E-state index in [2.05, 4.69) is 0 Å². The monoisotopic (exact) mass is 279 g/mol. The molecule has 0 aromatic heterocycles. The first-order chi connectivity index (χ1) is 9.58. The maximum absolute atomic E-state index is 12.6. The highest BCUT2D eigenvalue weighted by Gasteiger charge is 2.50. The number of nitro groups is 1. The van der Waals surface area contributed by atoms with Gasteiger partial charge in [-0.2, -0.15) is 0 Å². The lowest BCUT2D eigenvalue weighted by molar-refractivity contribution is -0.529. The van der Waals surface area contributed by atoms with E-state index >= 15 is 0 Å². The van der Waals surface area contributed by atoms with Crippen LogP contribution in [0.1, 0.15) is 39.5 Å². The molecule has 0 fully saturated rings. The van der Waals surface area contributed by atoms with Crippen molar-refractivity contribution in [2.24, 2.45) is 0 Å². The number of amides is 1. The standard InChI is InChI=1S/C15H23N2O3/c1-3-5-12-16(13-6-4-2)14(18)15(17(19)20)10-8-7-9-11-15/h7-11H,3-6,12-13H2,1-2H3. The second kappa shape index (κ2) is 7.82. The zero-order valence-corrected chi connectivity index (χ0v) is 12.2. The molecule has 0 N–H and O–H groups in total. The van der Waals surface area contributed by atoms with E-state index in [-0.39, 0.29) is 0 Å². The highest BCUT2D eigenvalue weighted by Crippen LogP contribution is 2.24. The summed E-state index contributed by atoms with van der Waals surface area (Å²) in [5.74, 6) is -0.426. The van der Waals surface area contributed by atoms with E-state index in [9.17, 15) is 14.9 Å². The zero-order valence-electron chi connectivity index (χ0n) is 12.2. The van der Waals surface area contributed by atoms with Crippen LogP contribution >= 0.6 is 0 Å². The van der Waals surface area contributed by atoms with Gasteiger partial charge in [-0.05, 0) is 12.8 Å². The van der Waals surface area contributed by atoms with Crippen molar-refractivity contribution >= 4 is 5.91 Å². The average Bonchev–Trinajstić information content (AvgIpc) is 2.47. The van der Waals surface area contributed by atoms with Gasteiger partial charge < -0.3 is 4.90 Å². The van der Waals surface area contributed by atoms with Gasteiger partial charge in [-0.1, -0.05) is 44.9 Å². The van der Waals surface area contributed by atoms with Crippen LogP contribution < -0.4 is 0 Å². The Morgan fingerprint density at radius 1 is 1.15 bits per heavy atom. The first-order valence-corrected chi connectivity index (χ1v) is 7.22. The lowest BCUT2D eigenvalue weighted by Crippen LogP contribution is -2.54. The number of rotatable bonds is 8. The van der Waals surface area contributed by atoms with Crippen LogP contribution in [0.25, 0.3) is 0 Å². The van der Waals surface area contributed by atoms with Crippen molar-refractivity contribution in [2.45, 2.75) is 45.1 Å². The van der Waals surface area contributed by atoms with Crippen LogP contribution in [0.15, 0.2) is 24.3 Å². The first kappa shape index (κ1) is 16.4. The summed E-state index contributed by atoms with van der Waals surface area (Å²) < 4.78 is 0. The minimum Gasteiger partial charge on any atom is -0.336 e. The van der Waals surface area contributed by atoms with Gasteiger partial charge in [0.25, 0.3) is 0 Å². The Morgan fingerprint density at radius 2 is 1.75 bits per heavy atom. The van der Waals surface area contributed by atoms with Crippen LogP contribution in [0.3, 0.4) is 0 Å². The minimum absolute atomic E-state index is 0.426. The largest absolute Gasteiger partial charge is 0.336 e. The lowest BCUT2D eigenvalue weighted by Gasteiger charge is -2.29. The average molecular weight is 279 g/mol. The molecule has 5 nitrogen and oxygen atoms in total. The Morgan fingerprint density at radius 3 is 2.15 bits per heavy atom. The predicted octanol–water partition coefficient (Wildman–Crippen LogP) is 2.76. The molecule has 1 rings (SSSR count). The van der Waals surface area contributed by atoms with Gasteiger partial charge in [-0.3, -0.25) is 14.9 Å². The molecule has 0 aliphatic heterocycles. The Balaban J connectivity index is 2.91. The van der Waals surface area contributed by atoms with Gasteiger partial charge in [-0.15, -0.1) is 0 Å². The Kier molecular flexibility index (Phi) is 6.42. The Hall–Kier alpha value is -1.65. The van der Waals surface area contributed by atoms with Crippen molar-refractivity contribution in [2.75, 3.05) is 13.1 Å². The summed E-state index contributed by atoms with van der Waals surface area (Å²) in [5.41, 5.74) is -1.73. The summed E-state index contributed by atoms with van der Waals surface area (Å²) in [6.07, 6.45) is 11.2. The molecule has 0 saturated carbocycles. The lowest BCUT2D eigenvalue weighted by atomic mass is 9.90. The maximum atomic E-state index is 12.6. The molecule has 1 radical (unpaired) electrons. The van der Waals surface area contributed by atoms with Crippen LogP contribution in [0.5, 0.6) is 0 Å². The SMILES string of the molecule is CCCCN(CCCC)C(=O)C1([N+](=O)[O-])[CH]C=CC=C1. The highest BCUT2D eigenvalue weighted by molar-refractivity contribution is 5.89. The Labute approximate surface area is 120 Å². The van der Waals surface area contributed by atoms with E-state index in [1.54, 1.807) is 23.1 Å². The molecule has 5 heteroatoms. The van der Waals surface area contributed by atoms with Crippen LogP contribution in [0.2, 0.25) is 0 Å². The normalized spacial score (nSPS) is 20.9. The molecule has 111 valence electrons. The minimum atomic E-state index is -1.73. The second-order valence-corrected chi connectivity index (χ2v) is 4.99. The molecular formula is C15H23N2O3. The fourth-order valence-electron chi connectivity index (χ4n) is 2.13. The quantitative estimate of drug-likeness (QED) is 0.507. The molecule has 1 amide bonds. The molecular weight excluding hydrogens is 256 g/mol. The topological polar surface area (TPSA) is 63.5 Å². The molecule has 0 aromatic carbocycles. The van der Waals surface area contributed by atoms with Crippen LogP contribution in [-0.4, -0.2) is 34.4 Å². The summed E-state index contributed by atoms with van der Waals surface area (Å²) in [4.78, 5) is 25.2. The van der Waals surface area contributed by atoms with Crippen molar-refractivity contribution in [1.82, 2.24) is 4.90 Å². The molecule has 0 saturated heterocycles. The molecule has 1 aliphatic carbocycles. The number of unbranched alkanes of at least 4 members (excludes halogenated alkanes) is 2. The van der Waals surface area contributed by atoms with E-state index in [1.807, 2.05) is 13.8 Å². The molecule has 0 heterocycles. The third-order valence-electron chi connectivity index (χ3n) is 3.42. The number of carbonyl (C=O) groups is 1. The number of nitrogens with zero attached hydrogens (tertiary/aromatic N) is 2. The van der Waals surface area contributed by atoms with E-state index in [4.69, 9.17) is 0 Å².